The molecule has 0 bridgehead atoms. The van der Waals surface area contributed by atoms with Crippen molar-refractivity contribution >= 4 is 24.0 Å². The van der Waals surface area contributed by atoms with E-state index in [9.17, 15) is 19.8 Å². The van der Waals surface area contributed by atoms with Gasteiger partial charge in [0, 0.05) is 12.1 Å². The second-order valence-electron chi connectivity index (χ2n) is 6.13. The summed E-state index contributed by atoms with van der Waals surface area (Å²) in [6, 6.07) is 4.42. The molecule has 1 rings (SSSR count). The second-order valence-corrected chi connectivity index (χ2v) is 6.54. The van der Waals surface area contributed by atoms with Crippen LogP contribution in [0, 0.1) is 0 Å². The van der Waals surface area contributed by atoms with Crippen LogP contribution in [-0.4, -0.2) is 40.8 Å². The summed E-state index contributed by atoms with van der Waals surface area (Å²) in [5.74, 6) is 0. The molecule has 0 fully saturated rings. The Bertz CT molecular complexity index is 556. The van der Waals surface area contributed by atoms with E-state index >= 15 is 0 Å². The Morgan fingerprint density at radius 1 is 1.39 bits per heavy atom. The molecule has 1 aromatic rings. The van der Waals surface area contributed by atoms with Crippen molar-refractivity contribution in [3.63, 3.8) is 0 Å². The lowest BCUT2D eigenvalue weighted by atomic mass is 10.0. The molecule has 1 amide bonds. The van der Waals surface area contributed by atoms with Gasteiger partial charge in [0.05, 0.1) is 11.1 Å². The Kier molecular flexibility index (Phi) is 7.00. The summed E-state index contributed by atoms with van der Waals surface area (Å²) >= 11 is 5.89. The number of aldehydes is 1. The van der Waals surface area contributed by atoms with Crippen molar-refractivity contribution in [1.29, 1.82) is 0 Å². The van der Waals surface area contributed by atoms with E-state index in [2.05, 4.69) is 5.32 Å². The third-order valence-corrected chi connectivity index (χ3v) is 3.29. The Labute approximate surface area is 140 Å². The lowest BCUT2D eigenvalue weighted by molar-refractivity contribution is 0.0123. The summed E-state index contributed by atoms with van der Waals surface area (Å²) in [7, 11) is 0. The minimum absolute atomic E-state index is 0.132. The molecule has 2 atom stereocenters. The average Bonchev–Trinajstić information content (AvgIpc) is 2.44. The van der Waals surface area contributed by atoms with Crippen LogP contribution in [0.1, 0.15) is 49.2 Å². The van der Waals surface area contributed by atoms with Crippen LogP contribution in [0.4, 0.5) is 4.79 Å². The maximum absolute atomic E-state index is 11.5. The van der Waals surface area contributed by atoms with Gasteiger partial charge in [-0.15, -0.1) is 0 Å². The molecule has 3 N–H and O–H groups in total. The van der Waals surface area contributed by atoms with Gasteiger partial charge in [-0.05, 0) is 44.9 Å². The summed E-state index contributed by atoms with van der Waals surface area (Å²) < 4.78 is 5.06. The quantitative estimate of drug-likeness (QED) is 0.689. The van der Waals surface area contributed by atoms with Crippen LogP contribution in [0.2, 0.25) is 5.02 Å². The molecule has 0 aliphatic rings. The van der Waals surface area contributed by atoms with Gasteiger partial charge in [0.1, 0.15) is 11.7 Å². The highest BCUT2D eigenvalue weighted by molar-refractivity contribution is 6.33. The number of aliphatic hydroxyl groups is 2. The third-order valence-electron chi connectivity index (χ3n) is 2.97. The van der Waals surface area contributed by atoms with Crippen LogP contribution in [0.25, 0.3) is 0 Å². The molecule has 23 heavy (non-hydrogen) atoms. The number of benzene rings is 1. The molecule has 2 unspecified atom stereocenters. The smallest absolute Gasteiger partial charge is 0.407 e. The van der Waals surface area contributed by atoms with Crippen molar-refractivity contribution in [3.8, 4) is 0 Å². The van der Waals surface area contributed by atoms with Gasteiger partial charge in [0.15, 0.2) is 6.29 Å². The molecule has 0 spiro atoms. The maximum Gasteiger partial charge on any atom is 0.407 e. The van der Waals surface area contributed by atoms with Crippen LogP contribution in [0.3, 0.4) is 0 Å². The molecule has 0 saturated carbocycles. The van der Waals surface area contributed by atoms with E-state index in [1.165, 1.54) is 18.2 Å². The van der Waals surface area contributed by atoms with Gasteiger partial charge >= 0.3 is 6.09 Å². The Hall–Kier alpha value is -1.63. The number of alkyl carbamates (subject to hydrolysis) is 1. The van der Waals surface area contributed by atoms with Crippen molar-refractivity contribution < 1.29 is 24.5 Å². The lowest BCUT2D eigenvalue weighted by Crippen LogP contribution is -2.34. The molecular formula is C16H22ClNO5. The highest BCUT2D eigenvalue weighted by atomic mass is 35.5. The van der Waals surface area contributed by atoms with Crippen molar-refractivity contribution in [2.45, 2.75) is 45.0 Å². The van der Waals surface area contributed by atoms with Gasteiger partial charge in [-0.3, -0.25) is 4.79 Å². The van der Waals surface area contributed by atoms with Crippen LogP contribution in [0.5, 0.6) is 0 Å². The van der Waals surface area contributed by atoms with Crippen LogP contribution in [-0.2, 0) is 4.74 Å². The van der Waals surface area contributed by atoms with Gasteiger partial charge in [-0.25, -0.2) is 4.79 Å². The number of carbonyl (C=O) groups is 2. The van der Waals surface area contributed by atoms with Crippen molar-refractivity contribution in [2.75, 3.05) is 6.54 Å². The fourth-order valence-electron chi connectivity index (χ4n) is 1.84. The predicted octanol–water partition coefficient (Wildman–Crippen LogP) is 2.46. The highest BCUT2D eigenvalue weighted by Gasteiger charge is 2.20. The number of carbonyl (C=O) groups excluding carboxylic acids is 2. The van der Waals surface area contributed by atoms with Gasteiger partial charge in [0.25, 0.3) is 0 Å². The fraction of sp³-hybridized carbons (Fsp3) is 0.500. The zero-order valence-electron chi connectivity index (χ0n) is 13.4. The molecule has 0 radical (unpaired) electrons. The summed E-state index contributed by atoms with van der Waals surface area (Å²) in [5, 5.41) is 22.8. The van der Waals surface area contributed by atoms with Crippen LogP contribution < -0.4 is 5.32 Å². The van der Waals surface area contributed by atoms with E-state index < -0.39 is 23.9 Å². The van der Waals surface area contributed by atoms with Crippen LogP contribution in [0.15, 0.2) is 18.2 Å². The summed E-state index contributed by atoms with van der Waals surface area (Å²) in [6.45, 7) is 5.39. The molecule has 0 aliphatic heterocycles. The first-order chi connectivity index (χ1) is 10.6. The topological polar surface area (TPSA) is 95.9 Å². The van der Waals surface area contributed by atoms with E-state index in [-0.39, 0.29) is 18.0 Å². The highest BCUT2D eigenvalue weighted by Crippen LogP contribution is 2.24. The first-order valence-electron chi connectivity index (χ1n) is 7.21. The number of rotatable bonds is 6. The predicted molar refractivity (Wildman–Crippen MR) is 86.7 cm³/mol. The van der Waals surface area contributed by atoms with Crippen LogP contribution >= 0.6 is 11.6 Å². The molecular weight excluding hydrogens is 322 g/mol. The minimum atomic E-state index is -1.17. The standard InChI is InChI=1S/C16H22ClNO5/c1-16(2,3)23-15(22)18-7-6-13(20)14(21)10-4-5-11(9-19)12(17)8-10/h4-5,8-9,13-14,20-21H,6-7H2,1-3H3,(H,18,22). The molecule has 1 aromatic carbocycles. The van der Waals surface area contributed by atoms with E-state index in [4.69, 9.17) is 16.3 Å². The second kappa shape index (κ2) is 8.29. The first kappa shape index (κ1) is 19.4. The SMILES string of the molecule is CC(C)(C)OC(=O)NCCC(O)C(O)c1ccc(C=O)c(Cl)c1. The molecule has 0 aliphatic carbocycles. The average molecular weight is 344 g/mol. The monoisotopic (exact) mass is 343 g/mol. The largest absolute Gasteiger partial charge is 0.444 e. The molecule has 128 valence electrons. The fourth-order valence-corrected chi connectivity index (χ4v) is 2.07. The van der Waals surface area contributed by atoms with Gasteiger partial charge < -0.3 is 20.3 Å². The van der Waals surface area contributed by atoms with E-state index in [1.807, 2.05) is 0 Å². The zero-order valence-corrected chi connectivity index (χ0v) is 14.1. The Morgan fingerprint density at radius 3 is 2.57 bits per heavy atom. The zero-order chi connectivity index (χ0) is 17.6. The van der Waals surface area contributed by atoms with Gasteiger partial charge in [0.2, 0.25) is 0 Å². The normalized spacial score (nSPS) is 14.0. The minimum Gasteiger partial charge on any atom is -0.444 e. The Morgan fingerprint density at radius 2 is 2.04 bits per heavy atom. The maximum atomic E-state index is 11.5. The number of aliphatic hydroxyl groups excluding tert-OH is 2. The van der Waals surface area contributed by atoms with E-state index in [1.54, 1.807) is 20.8 Å². The number of amides is 1. The Balaban J connectivity index is 2.51. The van der Waals surface area contributed by atoms with Gasteiger partial charge in [-0.1, -0.05) is 17.7 Å². The molecule has 0 heterocycles. The van der Waals surface area contributed by atoms with E-state index in [0.29, 0.717) is 17.4 Å². The molecule has 0 aromatic heterocycles. The van der Waals surface area contributed by atoms with Crippen molar-refractivity contribution in [2.24, 2.45) is 0 Å². The van der Waals surface area contributed by atoms with E-state index in [0.717, 1.165) is 0 Å². The number of halogens is 1. The lowest BCUT2D eigenvalue weighted by Gasteiger charge is -2.21. The summed E-state index contributed by atoms with van der Waals surface area (Å²) in [5.41, 5.74) is 0.105. The number of nitrogens with one attached hydrogen (secondary N) is 1. The summed E-state index contributed by atoms with van der Waals surface area (Å²) in [6.07, 6.45) is -2.11. The van der Waals surface area contributed by atoms with Crippen molar-refractivity contribution in [1.82, 2.24) is 5.32 Å². The number of ether oxygens (including phenoxy) is 1. The van der Waals surface area contributed by atoms with Crippen molar-refractivity contribution in [3.05, 3.63) is 34.3 Å². The third kappa shape index (κ3) is 6.56. The molecule has 6 nitrogen and oxygen atoms in total. The number of hydrogen-bond donors (Lipinski definition) is 3. The van der Waals surface area contributed by atoms with Gasteiger partial charge in [-0.2, -0.15) is 0 Å². The summed E-state index contributed by atoms with van der Waals surface area (Å²) in [4.78, 5) is 22.2. The number of hydrogen-bond acceptors (Lipinski definition) is 5. The molecule has 7 heteroatoms. The molecule has 0 saturated heterocycles. The first-order valence-corrected chi connectivity index (χ1v) is 7.59.